The molecule has 0 aromatic heterocycles. The highest BCUT2D eigenvalue weighted by Crippen LogP contribution is 2.28. The molecule has 2 aliphatic rings. The maximum atomic E-state index is 9.01. The summed E-state index contributed by atoms with van der Waals surface area (Å²) in [5, 5.41) is 9.01. The highest BCUT2D eigenvalue weighted by atomic mass is 16.5. The standard InChI is InChI=1S/C17H31N3O/c1-14(2)19-9-7-16(8-10-19)21-17(3,4)20-11-5-15(13-18)6-12-20/h14-16H,5-12H2,1-4H3. The molecule has 0 unspecified atom stereocenters. The zero-order chi connectivity index (χ0) is 15.5. The van der Waals surface area contributed by atoms with Gasteiger partial charge in [0.25, 0.3) is 0 Å². The number of ether oxygens (including phenoxy) is 1. The van der Waals surface area contributed by atoms with Gasteiger partial charge in [0.05, 0.1) is 12.2 Å². The van der Waals surface area contributed by atoms with E-state index in [0.717, 1.165) is 51.9 Å². The Bertz CT molecular complexity index is 359. The summed E-state index contributed by atoms with van der Waals surface area (Å²) >= 11 is 0. The topological polar surface area (TPSA) is 39.5 Å². The highest BCUT2D eigenvalue weighted by Gasteiger charge is 2.34. The Morgan fingerprint density at radius 1 is 1.05 bits per heavy atom. The molecule has 0 amide bonds. The van der Waals surface area contributed by atoms with Crippen molar-refractivity contribution >= 4 is 0 Å². The van der Waals surface area contributed by atoms with Crippen LogP contribution in [0.2, 0.25) is 0 Å². The van der Waals surface area contributed by atoms with E-state index in [9.17, 15) is 0 Å². The molecule has 0 aromatic carbocycles. The van der Waals surface area contributed by atoms with Crippen LogP contribution in [-0.4, -0.2) is 53.8 Å². The fourth-order valence-electron chi connectivity index (χ4n) is 3.54. The molecule has 0 N–H and O–H groups in total. The smallest absolute Gasteiger partial charge is 0.116 e. The van der Waals surface area contributed by atoms with E-state index in [1.165, 1.54) is 0 Å². The van der Waals surface area contributed by atoms with Crippen molar-refractivity contribution in [3.8, 4) is 6.07 Å². The van der Waals surface area contributed by atoms with Crippen LogP contribution in [0.15, 0.2) is 0 Å². The third-order valence-electron chi connectivity index (χ3n) is 5.10. The molecular formula is C17H31N3O. The lowest BCUT2D eigenvalue weighted by molar-refractivity contribution is -0.181. The number of piperidine rings is 2. The molecule has 0 saturated carbocycles. The molecule has 0 atom stereocenters. The van der Waals surface area contributed by atoms with E-state index in [2.05, 4.69) is 43.6 Å². The molecule has 0 spiro atoms. The van der Waals surface area contributed by atoms with E-state index >= 15 is 0 Å². The number of hydrogen-bond acceptors (Lipinski definition) is 4. The quantitative estimate of drug-likeness (QED) is 0.799. The monoisotopic (exact) mass is 293 g/mol. The van der Waals surface area contributed by atoms with E-state index in [1.54, 1.807) is 0 Å². The molecule has 4 nitrogen and oxygen atoms in total. The minimum absolute atomic E-state index is 0.203. The number of nitrogens with zero attached hydrogens (tertiary/aromatic N) is 3. The number of likely N-dealkylation sites (tertiary alicyclic amines) is 2. The predicted octanol–water partition coefficient (Wildman–Crippen LogP) is 2.85. The second-order valence-electron chi connectivity index (χ2n) is 7.28. The fourth-order valence-corrected chi connectivity index (χ4v) is 3.54. The van der Waals surface area contributed by atoms with Gasteiger partial charge in [-0.2, -0.15) is 5.26 Å². The van der Waals surface area contributed by atoms with Gasteiger partial charge in [0, 0.05) is 38.1 Å². The summed E-state index contributed by atoms with van der Waals surface area (Å²) in [5.74, 6) is 0.242. The Morgan fingerprint density at radius 3 is 2.10 bits per heavy atom. The van der Waals surface area contributed by atoms with Crippen molar-refractivity contribution in [2.75, 3.05) is 26.2 Å². The molecule has 2 rings (SSSR count). The number of hydrogen-bond donors (Lipinski definition) is 0. The van der Waals surface area contributed by atoms with Crippen LogP contribution in [0.3, 0.4) is 0 Å². The van der Waals surface area contributed by atoms with Gasteiger partial charge in [-0.25, -0.2) is 0 Å². The van der Waals surface area contributed by atoms with Crippen molar-refractivity contribution in [1.82, 2.24) is 9.80 Å². The average Bonchev–Trinajstić information content (AvgIpc) is 2.47. The molecule has 2 aliphatic heterocycles. The van der Waals surface area contributed by atoms with Crippen molar-refractivity contribution in [2.45, 2.75) is 71.2 Å². The van der Waals surface area contributed by atoms with Crippen LogP contribution in [0.1, 0.15) is 53.4 Å². The summed E-state index contributed by atoms with van der Waals surface area (Å²) in [6.07, 6.45) is 4.61. The third-order valence-corrected chi connectivity index (χ3v) is 5.10. The third kappa shape index (κ3) is 4.42. The summed E-state index contributed by atoms with van der Waals surface area (Å²) in [6, 6.07) is 3.04. The SMILES string of the molecule is CC(C)N1CCC(OC(C)(C)N2CCC(C#N)CC2)CC1. The molecular weight excluding hydrogens is 262 g/mol. The first-order chi connectivity index (χ1) is 9.92. The van der Waals surface area contributed by atoms with Gasteiger partial charge in [-0.15, -0.1) is 0 Å². The van der Waals surface area contributed by atoms with Gasteiger partial charge in [-0.3, -0.25) is 4.90 Å². The van der Waals surface area contributed by atoms with Crippen LogP contribution < -0.4 is 0 Å². The summed E-state index contributed by atoms with van der Waals surface area (Å²) < 4.78 is 6.43. The minimum atomic E-state index is -0.203. The van der Waals surface area contributed by atoms with Crippen LogP contribution >= 0.6 is 0 Å². The first kappa shape index (κ1) is 16.7. The van der Waals surface area contributed by atoms with Gasteiger partial charge in [-0.05, 0) is 53.4 Å². The molecule has 0 radical (unpaired) electrons. The first-order valence-electron chi connectivity index (χ1n) is 8.49. The van der Waals surface area contributed by atoms with Gasteiger partial charge in [0.1, 0.15) is 5.72 Å². The lowest BCUT2D eigenvalue weighted by Crippen LogP contribution is -2.52. The maximum Gasteiger partial charge on any atom is 0.116 e. The minimum Gasteiger partial charge on any atom is -0.358 e. The molecule has 120 valence electrons. The summed E-state index contributed by atoms with van der Waals surface area (Å²) in [7, 11) is 0. The number of nitriles is 1. The normalized spacial score (nSPS) is 24.4. The lowest BCUT2D eigenvalue weighted by Gasteiger charge is -2.45. The molecule has 0 aliphatic carbocycles. The first-order valence-corrected chi connectivity index (χ1v) is 8.49. The van der Waals surface area contributed by atoms with Gasteiger partial charge in [0.2, 0.25) is 0 Å². The van der Waals surface area contributed by atoms with Crippen LogP contribution in [0.25, 0.3) is 0 Å². The van der Waals surface area contributed by atoms with Gasteiger partial charge in [-0.1, -0.05) is 0 Å². The Kier molecular flexibility index (Phi) is 5.65. The Balaban J connectivity index is 1.80. The van der Waals surface area contributed by atoms with Crippen LogP contribution in [-0.2, 0) is 4.74 Å². The van der Waals surface area contributed by atoms with E-state index in [4.69, 9.17) is 10.00 Å². The average molecular weight is 293 g/mol. The van der Waals surface area contributed by atoms with Crippen molar-refractivity contribution in [2.24, 2.45) is 5.92 Å². The zero-order valence-electron chi connectivity index (χ0n) is 14.1. The molecule has 0 bridgehead atoms. The Labute approximate surface area is 130 Å². The van der Waals surface area contributed by atoms with Crippen LogP contribution in [0, 0.1) is 17.2 Å². The summed E-state index contributed by atoms with van der Waals surface area (Å²) in [4.78, 5) is 4.95. The van der Waals surface area contributed by atoms with E-state index in [-0.39, 0.29) is 11.6 Å². The largest absolute Gasteiger partial charge is 0.358 e. The Hall–Kier alpha value is -0.630. The maximum absolute atomic E-state index is 9.01. The van der Waals surface area contributed by atoms with Gasteiger partial charge in [0.15, 0.2) is 0 Å². The van der Waals surface area contributed by atoms with Crippen molar-refractivity contribution in [1.29, 1.82) is 5.26 Å². The summed E-state index contributed by atoms with van der Waals surface area (Å²) in [5.41, 5.74) is -0.203. The van der Waals surface area contributed by atoms with Crippen LogP contribution in [0.4, 0.5) is 0 Å². The molecule has 4 heteroatoms. The van der Waals surface area contributed by atoms with Gasteiger partial charge < -0.3 is 9.64 Å². The van der Waals surface area contributed by atoms with Crippen molar-refractivity contribution in [3.63, 3.8) is 0 Å². The van der Waals surface area contributed by atoms with Gasteiger partial charge >= 0.3 is 0 Å². The zero-order valence-corrected chi connectivity index (χ0v) is 14.1. The van der Waals surface area contributed by atoms with E-state index < -0.39 is 0 Å². The number of rotatable bonds is 4. The molecule has 2 fully saturated rings. The molecule has 21 heavy (non-hydrogen) atoms. The molecule has 0 aromatic rings. The second kappa shape index (κ2) is 7.09. The van der Waals surface area contributed by atoms with E-state index in [1.807, 2.05) is 0 Å². The molecule has 2 saturated heterocycles. The fraction of sp³-hybridized carbons (Fsp3) is 0.941. The summed E-state index contributed by atoms with van der Waals surface area (Å²) in [6.45, 7) is 13.2. The van der Waals surface area contributed by atoms with Crippen molar-refractivity contribution in [3.05, 3.63) is 0 Å². The van der Waals surface area contributed by atoms with E-state index in [0.29, 0.717) is 12.1 Å². The van der Waals surface area contributed by atoms with Crippen LogP contribution in [0.5, 0.6) is 0 Å². The predicted molar refractivity (Wildman–Crippen MR) is 84.8 cm³/mol. The second-order valence-corrected chi connectivity index (χ2v) is 7.28. The Morgan fingerprint density at radius 2 is 1.62 bits per heavy atom. The lowest BCUT2D eigenvalue weighted by atomic mass is 9.97. The van der Waals surface area contributed by atoms with Crippen molar-refractivity contribution < 1.29 is 4.74 Å². The molecule has 2 heterocycles. The highest BCUT2D eigenvalue weighted by molar-refractivity contribution is 4.90.